The van der Waals surface area contributed by atoms with E-state index in [0.29, 0.717) is 49.0 Å². The maximum absolute atomic E-state index is 13.2. The zero-order valence-corrected chi connectivity index (χ0v) is 20.2. The largest absolute Gasteiger partial charge is 0.422 e. The van der Waals surface area contributed by atoms with Gasteiger partial charge in [0.25, 0.3) is 11.9 Å². The molecule has 9 heteroatoms. The normalized spacial score (nSPS) is 14.7. The molecule has 0 N–H and O–H groups in total. The Balaban J connectivity index is 1.27. The molecule has 0 atom stereocenters. The molecular weight excluding hydrogens is 430 g/mol. The van der Waals surface area contributed by atoms with Gasteiger partial charge in [0.05, 0.1) is 23.0 Å². The lowest BCUT2D eigenvalue weighted by Gasteiger charge is -2.33. The molecule has 0 saturated carbocycles. The number of hydrogen-bond donors (Lipinski definition) is 0. The molecular formula is C25H29N7O2. The second kappa shape index (κ2) is 8.23. The van der Waals surface area contributed by atoms with Crippen LogP contribution in [0.1, 0.15) is 42.4 Å². The van der Waals surface area contributed by atoms with Crippen molar-refractivity contribution in [2.24, 2.45) is 0 Å². The number of nitrogens with zero attached hydrogens (tertiary/aromatic N) is 7. The van der Waals surface area contributed by atoms with Gasteiger partial charge in [0.15, 0.2) is 5.58 Å². The van der Waals surface area contributed by atoms with Crippen LogP contribution in [0.15, 0.2) is 41.2 Å². The summed E-state index contributed by atoms with van der Waals surface area (Å²) < 4.78 is 7.80. The second-order valence-electron chi connectivity index (χ2n) is 9.78. The number of piperazine rings is 1. The van der Waals surface area contributed by atoms with Crippen LogP contribution >= 0.6 is 0 Å². The zero-order valence-electron chi connectivity index (χ0n) is 20.2. The summed E-state index contributed by atoms with van der Waals surface area (Å²) in [5.74, 6) is -0.0120. The Bertz CT molecular complexity index is 1360. The monoisotopic (exact) mass is 459 g/mol. The van der Waals surface area contributed by atoms with Gasteiger partial charge in [-0.1, -0.05) is 0 Å². The van der Waals surface area contributed by atoms with Gasteiger partial charge < -0.3 is 14.2 Å². The Morgan fingerprint density at radius 2 is 1.79 bits per heavy atom. The van der Waals surface area contributed by atoms with Gasteiger partial charge in [-0.3, -0.25) is 14.5 Å². The fourth-order valence-corrected chi connectivity index (χ4v) is 4.13. The minimum Gasteiger partial charge on any atom is -0.422 e. The summed E-state index contributed by atoms with van der Waals surface area (Å²) in [6.45, 7) is 12.7. The molecule has 4 aromatic rings. The van der Waals surface area contributed by atoms with E-state index >= 15 is 0 Å². The maximum Gasteiger partial charge on any atom is 0.300 e. The van der Waals surface area contributed by atoms with Crippen molar-refractivity contribution in [2.75, 3.05) is 31.1 Å². The minimum atomic E-state index is -0.0996. The third-order valence-corrected chi connectivity index (χ3v) is 6.09. The molecule has 1 saturated heterocycles. The van der Waals surface area contributed by atoms with Crippen LogP contribution in [0, 0.1) is 13.8 Å². The van der Waals surface area contributed by atoms with Crippen LogP contribution < -0.4 is 4.90 Å². The molecule has 0 unspecified atom stereocenters. The number of aryl methyl sites for hydroxylation is 2. The summed E-state index contributed by atoms with van der Waals surface area (Å²) in [7, 11) is 0. The van der Waals surface area contributed by atoms with Crippen LogP contribution in [-0.2, 0) is 5.54 Å². The van der Waals surface area contributed by atoms with Gasteiger partial charge in [0.2, 0.25) is 5.65 Å². The molecule has 1 amide bonds. The van der Waals surface area contributed by atoms with Gasteiger partial charge >= 0.3 is 0 Å². The Hall–Kier alpha value is -3.75. The zero-order chi connectivity index (χ0) is 24.0. The Kier molecular flexibility index (Phi) is 5.34. The molecule has 1 fully saturated rings. The highest BCUT2D eigenvalue weighted by Gasteiger charge is 2.26. The molecule has 176 valence electrons. The number of fused-ring (bicyclic) bond motifs is 1. The van der Waals surface area contributed by atoms with Crippen molar-refractivity contribution >= 4 is 23.2 Å². The average molecular weight is 460 g/mol. The number of hydrogen-bond acceptors (Lipinski definition) is 7. The first-order chi connectivity index (χ1) is 16.2. The number of pyridine rings is 2. The molecule has 5 heterocycles. The van der Waals surface area contributed by atoms with Gasteiger partial charge in [-0.25, -0.2) is 4.98 Å². The van der Waals surface area contributed by atoms with Gasteiger partial charge in [0, 0.05) is 49.8 Å². The molecule has 0 spiro atoms. The first kappa shape index (κ1) is 22.1. The van der Waals surface area contributed by atoms with E-state index in [4.69, 9.17) is 4.42 Å². The fraction of sp³-hybridized carbons (Fsp3) is 0.400. The minimum absolute atomic E-state index is 0.0120. The third kappa shape index (κ3) is 4.13. The SMILES string of the molecule is Cc1ccc2oc(N3CCN(C(=O)c4cnc(-c5cnn(C(C)(C)C)c5)c(C)c4)CC3)nc2n1. The van der Waals surface area contributed by atoms with Crippen molar-refractivity contribution in [1.29, 1.82) is 0 Å². The summed E-state index contributed by atoms with van der Waals surface area (Å²) in [6.07, 6.45) is 5.49. The smallest absolute Gasteiger partial charge is 0.300 e. The third-order valence-electron chi connectivity index (χ3n) is 6.09. The summed E-state index contributed by atoms with van der Waals surface area (Å²) in [5.41, 5.74) is 5.43. The highest BCUT2D eigenvalue weighted by atomic mass is 16.4. The lowest BCUT2D eigenvalue weighted by Crippen LogP contribution is -2.49. The quantitative estimate of drug-likeness (QED) is 0.460. The highest BCUT2D eigenvalue weighted by Crippen LogP contribution is 2.25. The fourth-order valence-electron chi connectivity index (χ4n) is 4.13. The van der Waals surface area contributed by atoms with Crippen molar-refractivity contribution < 1.29 is 9.21 Å². The first-order valence-electron chi connectivity index (χ1n) is 11.5. The standard InChI is InChI=1S/C25H29N7O2/c1-16-12-18(13-26-21(16)19-14-27-32(15-19)25(3,4)5)23(33)30-8-10-31(11-9-30)24-29-22-20(34-24)7-6-17(2)28-22/h6-7,12-15H,8-11H2,1-5H3. The lowest BCUT2D eigenvalue weighted by molar-refractivity contribution is 0.0744. The molecule has 4 aromatic heterocycles. The summed E-state index contributed by atoms with van der Waals surface area (Å²) in [4.78, 5) is 30.6. The topological polar surface area (TPSA) is 93.2 Å². The predicted molar refractivity (Wildman–Crippen MR) is 130 cm³/mol. The van der Waals surface area contributed by atoms with Gasteiger partial charge in [0.1, 0.15) is 0 Å². The summed E-state index contributed by atoms with van der Waals surface area (Å²) >= 11 is 0. The highest BCUT2D eigenvalue weighted by molar-refractivity contribution is 5.94. The van der Waals surface area contributed by atoms with Crippen LogP contribution in [-0.4, -0.2) is 61.7 Å². The number of aromatic nitrogens is 5. The van der Waals surface area contributed by atoms with Crippen LogP contribution in [0.3, 0.4) is 0 Å². The first-order valence-corrected chi connectivity index (χ1v) is 11.5. The van der Waals surface area contributed by atoms with E-state index in [9.17, 15) is 4.79 Å². The molecule has 1 aliphatic heterocycles. The number of rotatable bonds is 3. The number of anilines is 1. The Labute approximate surface area is 198 Å². The number of carbonyl (C=O) groups excluding carboxylic acids is 1. The number of amides is 1. The van der Waals surface area contributed by atoms with E-state index in [1.165, 1.54) is 0 Å². The lowest BCUT2D eigenvalue weighted by atomic mass is 10.1. The van der Waals surface area contributed by atoms with Crippen molar-refractivity contribution in [2.45, 2.75) is 40.2 Å². The molecule has 5 rings (SSSR count). The molecule has 0 aliphatic carbocycles. The van der Waals surface area contributed by atoms with Crippen molar-refractivity contribution in [3.8, 4) is 11.3 Å². The van der Waals surface area contributed by atoms with Crippen LogP contribution in [0.4, 0.5) is 6.01 Å². The van der Waals surface area contributed by atoms with Gasteiger partial charge in [-0.2, -0.15) is 10.1 Å². The number of carbonyl (C=O) groups is 1. The average Bonchev–Trinajstić information content (AvgIpc) is 3.46. The molecule has 0 aromatic carbocycles. The van der Waals surface area contributed by atoms with E-state index in [1.54, 1.807) is 6.20 Å². The number of oxazole rings is 1. The van der Waals surface area contributed by atoms with Crippen molar-refractivity contribution in [3.05, 3.63) is 53.6 Å². The van der Waals surface area contributed by atoms with Gasteiger partial charge in [-0.05, 0) is 58.4 Å². The predicted octanol–water partition coefficient (Wildman–Crippen LogP) is 3.82. The van der Waals surface area contributed by atoms with E-state index in [-0.39, 0.29) is 11.4 Å². The van der Waals surface area contributed by atoms with Crippen LogP contribution in [0.2, 0.25) is 0 Å². The van der Waals surface area contributed by atoms with E-state index < -0.39 is 0 Å². The summed E-state index contributed by atoms with van der Waals surface area (Å²) in [5, 5.41) is 4.47. The molecule has 1 aliphatic rings. The Morgan fingerprint density at radius 3 is 2.47 bits per heavy atom. The molecule has 0 radical (unpaired) electrons. The van der Waals surface area contributed by atoms with Crippen molar-refractivity contribution in [1.82, 2.24) is 29.6 Å². The Morgan fingerprint density at radius 1 is 1.03 bits per heavy atom. The van der Waals surface area contributed by atoms with Crippen LogP contribution in [0.25, 0.3) is 22.5 Å². The van der Waals surface area contributed by atoms with Crippen LogP contribution in [0.5, 0.6) is 0 Å². The van der Waals surface area contributed by atoms with Gasteiger partial charge in [-0.15, -0.1) is 0 Å². The molecule has 0 bridgehead atoms. The van der Waals surface area contributed by atoms with E-state index in [2.05, 4.69) is 45.7 Å². The van der Waals surface area contributed by atoms with E-state index in [1.807, 2.05) is 54.0 Å². The molecule has 34 heavy (non-hydrogen) atoms. The summed E-state index contributed by atoms with van der Waals surface area (Å²) in [6, 6.07) is 6.27. The van der Waals surface area contributed by atoms with Crippen molar-refractivity contribution in [3.63, 3.8) is 0 Å². The second-order valence-corrected chi connectivity index (χ2v) is 9.78. The molecule has 9 nitrogen and oxygen atoms in total. The van der Waals surface area contributed by atoms with E-state index in [0.717, 1.165) is 22.5 Å². The maximum atomic E-state index is 13.2.